The van der Waals surface area contributed by atoms with E-state index in [1.54, 1.807) is 0 Å². The number of benzene rings is 3. The van der Waals surface area contributed by atoms with Crippen LogP contribution in [0, 0.1) is 0 Å². The highest BCUT2D eigenvalue weighted by Gasteiger charge is 2.34. The minimum atomic E-state index is 0.430. The fraction of sp³-hybridized carbons (Fsp3) is 0.250. The SMILES string of the molecule is NNc1cc2c3c(c1)C(c1ccccc1)CCN3CCC2c1ccccc1. The normalized spacial score (nSPS) is 20.9. The third kappa shape index (κ3) is 2.79. The molecule has 0 bridgehead atoms. The van der Waals surface area contributed by atoms with Gasteiger partial charge in [-0.05, 0) is 47.2 Å². The summed E-state index contributed by atoms with van der Waals surface area (Å²) in [5.41, 5.74) is 11.0. The minimum absolute atomic E-state index is 0.430. The molecule has 2 aliphatic heterocycles. The molecule has 0 saturated carbocycles. The van der Waals surface area contributed by atoms with Crippen LogP contribution in [0.1, 0.15) is 46.9 Å². The molecule has 0 aromatic heterocycles. The van der Waals surface area contributed by atoms with Gasteiger partial charge in [-0.15, -0.1) is 0 Å². The maximum atomic E-state index is 5.86. The zero-order chi connectivity index (χ0) is 18.2. The molecule has 2 unspecified atom stereocenters. The zero-order valence-corrected chi connectivity index (χ0v) is 15.4. The van der Waals surface area contributed by atoms with E-state index in [0.717, 1.165) is 31.6 Å². The number of nitrogen functional groups attached to an aromatic ring is 1. The average molecular weight is 355 g/mol. The quantitative estimate of drug-likeness (QED) is 0.521. The fourth-order valence-electron chi connectivity index (χ4n) is 4.94. The van der Waals surface area contributed by atoms with Gasteiger partial charge >= 0.3 is 0 Å². The maximum Gasteiger partial charge on any atom is 0.0492 e. The standard InChI is InChI=1S/C24H25N3/c25-26-19-15-22-20(17-7-3-1-4-8-17)11-13-27-14-12-21(23(16-19)24(22)27)18-9-5-2-6-10-18/h1-10,15-16,20-21,26H,11-14,25H2. The van der Waals surface area contributed by atoms with E-state index in [4.69, 9.17) is 5.84 Å². The van der Waals surface area contributed by atoms with Crippen LogP contribution in [0.3, 0.4) is 0 Å². The lowest BCUT2D eigenvalue weighted by molar-refractivity contribution is 0.571. The molecule has 27 heavy (non-hydrogen) atoms. The van der Waals surface area contributed by atoms with Crippen LogP contribution in [-0.2, 0) is 0 Å². The first-order chi connectivity index (χ1) is 13.3. The summed E-state index contributed by atoms with van der Waals surface area (Å²) in [5, 5.41) is 0. The molecule has 2 aliphatic rings. The first kappa shape index (κ1) is 16.4. The summed E-state index contributed by atoms with van der Waals surface area (Å²) >= 11 is 0. The fourth-order valence-corrected chi connectivity index (χ4v) is 4.94. The number of rotatable bonds is 3. The number of hydrogen-bond donors (Lipinski definition) is 2. The molecule has 0 radical (unpaired) electrons. The van der Waals surface area contributed by atoms with Gasteiger partial charge in [0, 0.05) is 36.3 Å². The summed E-state index contributed by atoms with van der Waals surface area (Å²) in [5.74, 6) is 6.72. The highest BCUT2D eigenvalue weighted by Crippen LogP contribution is 2.49. The highest BCUT2D eigenvalue weighted by molar-refractivity contribution is 5.72. The van der Waals surface area contributed by atoms with Crippen molar-refractivity contribution in [2.45, 2.75) is 24.7 Å². The molecule has 0 fully saturated rings. The molecule has 2 atom stereocenters. The highest BCUT2D eigenvalue weighted by atomic mass is 15.2. The smallest absolute Gasteiger partial charge is 0.0492 e. The zero-order valence-electron chi connectivity index (χ0n) is 15.4. The third-order valence-corrected chi connectivity index (χ3v) is 6.18. The number of hydrogen-bond acceptors (Lipinski definition) is 3. The molecule has 3 aromatic rings. The Bertz CT molecular complexity index is 864. The number of nitrogens with zero attached hydrogens (tertiary/aromatic N) is 1. The van der Waals surface area contributed by atoms with Gasteiger partial charge in [0.2, 0.25) is 0 Å². The Morgan fingerprint density at radius 2 is 1.22 bits per heavy atom. The van der Waals surface area contributed by atoms with Crippen molar-refractivity contribution in [1.29, 1.82) is 0 Å². The molecule has 136 valence electrons. The lowest BCUT2D eigenvalue weighted by Crippen LogP contribution is -2.37. The Morgan fingerprint density at radius 1 is 0.741 bits per heavy atom. The lowest BCUT2D eigenvalue weighted by atomic mass is 9.76. The van der Waals surface area contributed by atoms with Crippen molar-refractivity contribution in [3.8, 4) is 0 Å². The van der Waals surface area contributed by atoms with Crippen molar-refractivity contribution in [1.82, 2.24) is 0 Å². The first-order valence-corrected chi connectivity index (χ1v) is 9.84. The van der Waals surface area contributed by atoms with Crippen molar-refractivity contribution >= 4 is 11.4 Å². The van der Waals surface area contributed by atoms with E-state index in [2.05, 4.69) is 83.1 Å². The van der Waals surface area contributed by atoms with E-state index < -0.39 is 0 Å². The van der Waals surface area contributed by atoms with Gasteiger partial charge in [0.25, 0.3) is 0 Å². The van der Waals surface area contributed by atoms with Crippen molar-refractivity contribution in [3.63, 3.8) is 0 Å². The van der Waals surface area contributed by atoms with Crippen molar-refractivity contribution in [3.05, 3.63) is 95.1 Å². The Hall–Kier alpha value is -2.78. The molecule has 0 aliphatic carbocycles. The van der Waals surface area contributed by atoms with E-state index in [1.807, 2.05) is 0 Å². The molecule has 3 aromatic carbocycles. The van der Waals surface area contributed by atoms with Crippen molar-refractivity contribution in [2.24, 2.45) is 5.84 Å². The van der Waals surface area contributed by atoms with Crippen LogP contribution >= 0.6 is 0 Å². The van der Waals surface area contributed by atoms with Crippen LogP contribution in [0.15, 0.2) is 72.8 Å². The summed E-state index contributed by atoms with van der Waals surface area (Å²) in [4.78, 5) is 2.59. The molecule has 3 nitrogen and oxygen atoms in total. The molecular weight excluding hydrogens is 330 g/mol. The van der Waals surface area contributed by atoms with E-state index >= 15 is 0 Å². The number of nitrogens with one attached hydrogen (secondary N) is 1. The first-order valence-electron chi connectivity index (χ1n) is 9.84. The van der Waals surface area contributed by atoms with E-state index in [9.17, 15) is 0 Å². The van der Waals surface area contributed by atoms with Crippen molar-refractivity contribution in [2.75, 3.05) is 23.4 Å². The lowest BCUT2D eigenvalue weighted by Gasteiger charge is -2.43. The van der Waals surface area contributed by atoms with Gasteiger partial charge in [-0.1, -0.05) is 60.7 Å². The molecule has 3 heteroatoms. The summed E-state index contributed by atoms with van der Waals surface area (Å²) in [7, 11) is 0. The number of hydrazine groups is 1. The monoisotopic (exact) mass is 355 g/mol. The average Bonchev–Trinajstić information content (AvgIpc) is 2.75. The predicted octanol–water partition coefficient (Wildman–Crippen LogP) is 4.85. The van der Waals surface area contributed by atoms with Crippen LogP contribution in [0.5, 0.6) is 0 Å². The Morgan fingerprint density at radius 3 is 1.67 bits per heavy atom. The van der Waals surface area contributed by atoms with E-state index in [0.29, 0.717) is 11.8 Å². The summed E-state index contributed by atoms with van der Waals surface area (Å²) in [6.45, 7) is 2.24. The van der Waals surface area contributed by atoms with Crippen LogP contribution in [0.25, 0.3) is 0 Å². The molecular formula is C24H25N3. The second-order valence-electron chi connectivity index (χ2n) is 7.64. The predicted molar refractivity (Wildman–Crippen MR) is 112 cm³/mol. The van der Waals surface area contributed by atoms with Gasteiger partial charge in [0.1, 0.15) is 0 Å². The topological polar surface area (TPSA) is 41.3 Å². The van der Waals surface area contributed by atoms with Gasteiger partial charge in [-0.3, -0.25) is 5.84 Å². The molecule has 0 saturated heterocycles. The Labute approximate surface area is 160 Å². The van der Waals surface area contributed by atoms with Gasteiger partial charge in [0.15, 0.2) is 0 Å². The van der Waals surface area contributed by atoms with E-state index in [-0.39, 0.29) is 0 Å². The summed E-state index contributed by atoms with van der Waals surface area (Å²) in [6, 6.07) is 26.3. The molecule has 0 amide bonds. The summed E-state index contributed by atoms with van der Waals surface area (Å²) < 4.78 is 0. The summed E-state index contributed by atoms with van der Waals surface area (Å²) in [6.07, 6.45) is 2.31. The maximum absolute atomic E-state index is 5.86. The van der Waals surface area contributed by atoms with Crippen LogP contribution < -0.4 is 16.2 Å². The Kier molecular flexibility index (Phi) is 4.10. The third-order valence-electron chi connectivity index (χ3n) is 6.18. The Balaban J connectivity index is 1.69. The van der Waals surface area contributed by atoms with Crippen LogP contribution in [0.4, 0.5) is 11.4 Å². The van der Waals surface area contributed by atoms with Crippen LogP contribution in [0.2, 0.25) is 0 Å². The number of nitrogens with two attached hydrogens (primary N) is 1. The van der Waals surface area contributed by atoms with Gasteiger partial charge in [-0.25, -0.2) is 0 Å². The van der Waals surface area contributed by atoms with Gasteiger partial charge in [0.05, 0.1) is 0 Å². The number of anilines is 2. The second kappa shape index (κ2) is 6.75. The van der Waals surface area contributed by atoms with Gasteiger partial charge < -0.3 is 10.3 Å². The molecule has 3 N–H and O–H groups in total. The largest absolute Gasteiger partial charge is 0.371 e. The second-order valence-corrected chi connectivity index (χ2v) is 7.64. The molecule has 0 spiro atoms. The molecule has 5 rings (SSSR count). The van der Waals surface area contributed by atoms with Crippen LogP contribution in [-0.4, -0.2) is 13.1 Å². The van der Waals surface area contributed by atoms with Crippen molar-refractivity contribution < 1.29 is 0 Å². The van der Waals surface area contributed by atoms with Gasteiger partial charge in [-0.2, -0.15) is 0 Å². The minimum Gasteiger partial charge on any atom is -0.371 e. The molecule has 2 heterocycles. The van der Waals surface area contributed by atoms with E-state index in [1.165, 1.54) is 27.9 Å².